The second-order valence-electron chi connectivity index (χ2n) is 5.42. The van der Waals surface area contributed by atoms with Gasteiger partial charge >= 0.3 is 0 Å². The van der Waals surface area contributed by atoms with Gasteiger partial charge in [-0.15, -0.1) is 18.2 Å². The highest BCUT2D eigenvalue weighted by atomic mass is 35.5. The molecule has 16 heavy (non-hydrogen) atoms. The van der Waals surface area contributed by atoms with Crippen LogP contribution in [0, 0.1) is 5.92 Å². The zero-order chi connectivity index (χ0) is 12.6. The molecule has 2 unspecified atom stereocenters. The highest BCUT2D eigenvalue weighted by Crippen LogP contribution is 2.22. The lowest BCUT2D eigenvalue weighted by Gasteiger charge is -2.28. The molecule has 3 heteroatoms. The molecule has 0 heterocycles. The first kappa shape index (κ1) is 16.2. The third kappa shape index (κ3) is 8.37. The summed E-state index contributed by atoms with van der Waals surface area (Å²) in [4.78, 5) is 0. The van der Waals surface area contributed by atoms with Crippen LogP contribution in [0.15, 0.2) is 12.7 Å². The maximum atomic E-state index is 6.17. The molecule has 0 N–H and O–H groups in total. The van der Waals surface area contributed by atoms with E-state index in [1.807, 2.05) is 6.08 Å². The Bertz CT molecular complexity index is 189. The zero-order valence-corrected chi connectivity index (χ0v) is 13.0. The molecule has 0 spiro atoms. The predicted octanol–water partition coefficient (Wildman–Crippen LogP) is 4.83. The summed E-state index contributed by atoms with van der Waals surface area (Å²) >= 11 is 5.99. The van der Waals surface area contributed by atoms with E-state index < -0.39 is 8.32 Å². The van der Waals surface area contributed by atoms with E-state index >= 15 is 0 Å². The fourth-order valence-corrected chi connectivity index (χ4v) is 3.39. The van der Waals surface area contributed by atoms with E-state index in [0.29, 0.717) is 12.0 Å². The van der Waals surface area contributed by atoms with E-state index in [9.17, 15) is 0 Å². The highest BCUT2D eigenvalue weighted by Gasteiger charge is 2.22. The van der Waals surface area contributed by atoms with Gasteiger partial charge in [-0.2, -0.15) is 0 Å². The average molecular weight is 263 g/mol. The monoisotopic (exact) mass is 262 g/mol. The van der Waals surface area contributed by atoms with Crippen molar-refractivity contribution in [3.63, 3.8) is 0 Å². The first-order valence-electron chi connectivity index (χ1n) is 6.27. The quantitative estimate of drug-likeness (QED) is 0.329. The molecule has 0 rings (SSSR count). The van der Waals surface area contributed by atoms with Crippen LogP contribution in [-0.2, 0) is 4.43 Å². The van der Waals surface area contributed by atoms with Gasteiger partial charge in [0, 0.05) is 12.0 Å². The summed E-state index contributed by atoms with van der Waals surface area (Å²) in [5, 5.41) is 0. The topological polar surface area (TPSA) is 9.23 Å². The largest absolute Gasteiger partial charge is 0.414 e. The third-order valence-electron chi connectivity index (χ3n) is 2.46. The summed E-state index contributed by atoms with van der Waals surface area (Å²) in [5.41, 5.74) is 0. The molecule has 0 aromatic heterocycles. The van der Waals surface area contributed by atoms with Crippen LogP contribution >= 0.6 is 11.6 Å². The second-order valence-corrected chi connectivity index (χ2v) is 10.2. The van der Waals surface area contributed by atoms with Gasteiger partial charge in [-0.05, 0) is 44.8 Å². The summed E-state index contributed by atoms with van der Waals surface area (Å²) in [6.45, 7) is 12.7. The molecule has 0 radical (unpaired) electrons. The average Bonchev–Trinajstić information content (AvgIpc) is 2.15. The summed E-state index contributed by atoms with van der Waals surface area (Å²) in [5.74, 6) is 1.34. The Balaban J connectivity index is 4.24. The van der Waals surface area contributed by atoms with E-state index in [4.69, 9.17) is 16.0 Å². The van der Waals surface area contributed by atoms with Crippen molar-refractivity contribution in [3.05, 3.63) is 12.7 Å². The lowest BCUT2D eigenvalue weighted by Crippen LogP contribution is -2.33. The molecule has 0 bridgehead atoms. The Morgan fingerprint density at radius 3 is 2.38 bits per heavy atom. The van der Waals surface area contributed by atoms with E-state index in [1.54, 1.807) is 0 Å². The molecule has 0 aromatic carbocycles. The van der Waals surface area contributed by atoms with Crippen LogP contribution in [0.1, 0.15) is 32.6 Å². The minimum absolute atomic E-state index is 0.319. The summed E-state index contributed by atoms with van der Waals surface area (Å²) in [6, 6.07) is 0. The zero-order valence-electron chi connectivity index (χ0n) is 11.3. The van der Waals surface area contributed by atoms with Crippen LogP contribution in [0.3, 0.4) is 0 Å². The van der Waals surface area contributed by atoms with Gasteiger partial charge in [0.25, 0.3) is 0 Å². The lowest BCUT2D eigenvalue weighted by molar-refractivity contribution is 0.164. The summed E-state index contributed by atoms with van der Waals surface area (Å²) < 4.78 is 6.17. The van der Waals surface area contributed by atoms with Gasteiger partial charge in [0.05, 0.1) is 0 Å². The fourth-order valence-electron chi connectivity index (χ4n) is 1.92. The van der Waals surface area contributed by atoms with Crippen molar-refractivity contribution in [2.24, 2.45) is 5.92 Å². The molecule has 0 aromatic rings. The van der Waals surface area contributed by atoms with E-state index in [0.717, 1.165) is 18.7 Å². The molecule has 0 fully saturated rings. The van der Waals surface area contributed by atoms with Gasteiger partial charge in [0.2, 0.25) is 0 Å². The SMILES string of the molecule is C=CCC(CC(CCl)CCC)O[Si](C)(C)C. The maximum Gasteiger partial charge on any atom is 0.184 e. The molecule has 0 saturated carbocycles. The Hall–Kier alpha value is 0.207. The molecule has 0 aliphatic heterocycles. The third-order valence-corrected chi connectivity index (χ3v) is 3.94. The van der Waals surface area contributed by atoms with Crippen molar-refractivity contribution in [2.45, 2.75) is 58.4 Å². The van der Waals surface area contributed by atoms with Gasteiger partial charge in [0.15, 0.2) is 8.32 Å². The molecule has 96 valence electrons. The van der Waals surface area contributed by atoms with Crippen molar-refractivity contribution in [1.29, 1.82) is 0 Å². The van der Waals surface area contributed by atoms with Crippen LogP contribution in [0.2, 0.25) is 19.6 Å². The normalized spacial score (nSPS) is 15.8. The fraction of sp³-hybridized carbons (Fsp3) is 0.846. The molecule has 1 nitrogen and oxygen atoms in total. The molecule has 0 aliphatic rings. The molecular weight excluding hydrogens is 236 g/mol. The van der Waals surface area contributed by atoms with Crippen LogP contribution < -0.4 is 0 Å². The van der Waals surface area contributed by atoms with Crippen LogP contribution in [0.5, 0.6) is 0 Å². The summed E-state index contributed by atoms with van der Waals surface area (Å²) in [6.07, 6.45) is 6.70. The van der Waals surface area contributed by atoms with Gasteiger partial charge in [-0.1, -0.05) is 19.4 Å². The Morgan fingerprint density at radius 1 is 1.38 bits per heavy atom. The summed E-state index contributed by atoms with van der Waals surface area (Å²) in [7, 11) is -1.45. The molecule has 0 aliphatic carbocycles. The number of hydrogen-bond donors (Lipinski definition) is 0. The smallest absolute Gasteiger partial charge is 0.184 e. The van der Waals surface area contributed by atoms with Crippen molar-refractivity contribution >= 4 is 19.9 Å². The predicted molar refractivity (Wildman–Crippen MR) is 76.8 cm³/mol. The van der Waals surface area contributed by atoms with Gasteiger partial charge in [-0.3, -0.25) is 0 Å². The Morgan fingerprint density at radius 2 is 2.00 bits per heavy atom. The highest BCUT2D eigenvalue weighted by molar-refractivity contribution is 6.69. The van der Waals surface area contributed by atoms with Gasteiger partial charge in [-0.25, -0.2) is 0 Å². The molecule has 2 atom stereocenters. The first-order valence-corrected chi connectivity index (χ1v) is 10.2. The number of hydrogen-bond acceptors (Lipinski definition) is 1. The van der Waals surface area contributed by atoms with Crippen LogP contribution in [0.25, 0.3) is 0 Å². The van der Waals surface area contributed by atoms with Gasteiger partial charge < -0.3 is 4.43 Å². The van der Waals surface area contributed by atoms with E-state index in [1.165, 1.54) is 12.8 Å². The Labute approximate surface area is 107 Å². The van der Waals surface area contributed by atoms with Crippen LogP contribution in [-0.4, -0.2) is 20.3 Å². The second kappa shape index (κ2) is 8.32. The maximum absolute atomic E-state index is 6.17. The number of alkyl halides is 1. The van der Waals surface area contributed by atoms with E-state index in [2.05, 4.69) is 33.1 Å². The van der Waals surface area contributed by atoms with Crippen molar-refractivity contribution in [2.75, 3.05) is 5.88 Å². The van der Waals surface area contributed by atoms with E-state index in [-0.39, 0.29) is 0 Å². The first-order chi connectivity index (χ1) is 7.42. The number of halogens is 1. The van der Waals surface area contributed by atoms with Crippen LogP contribution in [0.4, 0.5) is 0 Å². The lowest BCUT2D eigenvalue weighted by atomic mass is 9.97. The van der Waals surface area contributed by atoms with Crippen molar-refractivity contribution in [3.8, 4) is 0 Å². The van der Waals surface area contributed by atoms with Crippen molar-refractivity contribution < 1.29 is 4.43 Å². The molecule has 0 amide bonds. The standard InChI is InChI=1S/C13H27ClOSi/c1-6-8-12(11-14)10-13(9-7-2)15-16(3,4)5/h7,12-13H,2,6,8-11H2,1,3-5H3. The molecular formula is C13H27ClOSi. The van der Waals surface area contributed by atoms with Gasteiger partial charge in [0.1, 0.15) is 0 Å². The minimum atomic E-state index is -1.45. The number of rotatable bonds is 9. The van der Waals surface area contributed by atoms with Crippen molar-refractivity contribution in [1.82, 2.24) is 0 Å². The molecule has 0 saturated heterocycles. The Kier molecular flexibility index (Phi) is 8.43. The minimum Gasteiger partial charge on any atom is -0.414 e.